The molecule has 1 fully saturated rings. The molecule has 1 heterocycles. The summed E-state index contributed by atoms with van der Waals surface area (Å²) in [7, 11) is 0. The number of rotatable bonds is 4. The van der Waals surface area contributed by atoms with Gasteiger partial charge in [0.1, 0.15) is 0 Å². The van der Waals surface area contributed by atoms with Crippen molar-refractivity contribution in [1.82, 2.24) is 5.32 Å². The van der Waals surface area contributed by atoms with Gasteiger partial charge in [0.15, 0.2) is 0 Å². The quantitative estimate of drug-likeness (QED) is 0.944. The predicted octanol–water partition coefficient (Wildman–Crippen LogP) is 2.78. The zero-order valence-corrected chi connectivity index (χ0v) is 13.2. The van der Waals surface area contributed by atoms with Crippen LogP contribution in [0.15, 0.2) is 54.6 Å². The van der Waals surface area contributed by atoms with Gasteiger partial charge < -0.3 is 10.2 Å². The molecule has 0 aliphatic carbocycles. The van der Waals surface area contributed by atoms with Gasteiger partial charge in [-0.2, -0.15) is 0 Å². The summed E-state index contributed by atoms with van der Waals surface area (Å²) in [4.78, 5) is 26.1. The lowest BCUT2D eigenvalue weighted by Crippen LogP contribution is -2.31. The van der Waals surface area contributed by atoms with Crippen LogP contribution in [0.3, 0.4) is 0 Å². The first kappa shape index (κ1) is 15.3. The molecule has 0 saturated carbocycles. The van der Waals surface area contributed by atoms with Crippen molar-refractivity contribution in [2.75, 3.05) is 18.0 Å². The first-order valence-corrected chi connectivity index (χ1v) is 7.84. The Bertz CT molecular complexity index is 695. The molecule has 4 nitrogen and oxygen atoms in total. The highest BCUT2D eigenvalue weighted by molar-refractivity contribution is 5.96. The number of aryl methyl sites for hydroxylation is 1. The summed E-state index contributed by atoms with van der Waals surface area (Å²) in [6.45, 7) is 3.19. The zero-order chi connectivity index (χ0) is 16.2. The van der Waals surface area contributed by atoms with E-state index in [4.69, 9.17) is 0 Å². The van der Waals surface area contributed by atoms with Crippen LogP contribution in [0.5, 0.6) is 0 Å². The van der Waals surface area contributed by atoms with Gasteiger partial charge in [-0.3, -0.25) is 9.59 Å². The van der Waals surface area contributed by atoms with E-state index in [2.05, 4.69) is 5.32 Å². The number of hydrogen-bond acceptors (Lipinski definition) is 2. The number of nitrogens with zero attached hydrogens (tertiary/aromatic N) is 1. The second-order valence-corrected chi connectivity index (χ2v) is 5.99. The van der Waals surface area contributed by atoms with E-state index in [-0.39, 0.29) is 17.7 Å². The van der Waals surface area contributed by atoms with Crippen molar-refractivity contribution in [2.24, 2.45) is 5.92 Å². The summed E-state index contributed by atoms with van der Waals surface area (Å²) < 4.78 is 0. The maximum atomic E-state index is 12.2. The maximum Gasteiger partial charge on any atom is 0.251 e. The summed E-state index contributed by atoms with van der Waals surface area (Å²) in [5, 5.41) is 2.92. The first-order chi connectivity index (χ1) is 11.1. The topological polar surface area (TPSA) is 49.4 Å². The van der Waals surface area contributed by atoms with Crippen molar-refractivity contribution in [3.8, 4) is 0 Å². The van der Waals surface area contributed by atoms with Gasteiger partial charge in [0, 0.05) is 36.7 Å². The van der Waals surface area contributed by atoms with Crippen LogP contribution in [-0.2, 0) is 4.79 Å². The molecule has 0 spiro atoms. The van der Waals surface area contributed by atoms with Crippen LogP contribution in [0.4, 0.5) is 5.69 Å². The van der Waals surface area contributed by atoms with Gasteiger partial charge in [0.25, 0.3) is 5.91 Å². The van der Waals surface area contributed by atoms with Gasteiger partial charge in [-0.25, -0.2) is 0 Å². The third kappa shape index (κ3) is 3.59. The number of carbonyl (C=O) groups is 2. The van der Waals surface area contributed by atoms with E-state index in [1.54, 1.807) is 17.0 Å². The van der Waals surface area contributed by atoms with Crippen molar-refractivity contribution in [3.05, 3.63) is 65.7 Å². The molecule has 0 radical (unpaired) electrons. The van der Waals surface area contributed by atoms with Gasteiger partial charge in [-0.1, -0.05) is 35.9 Å². The van der Waals surface area contributed by atoms with E-state index >= 15 is 0 Å². The van der Waals surface area contributed by atoms with Crippen molar-refractivity contribution in [1.29, 1.82) is 0 Å². The third-order valence-electron chi connectivity index (χ3n) is 4.14. The van der Waals surface area contributed by atoms with Crippen LogP contribution in [0.1, 0.15) is 22.3 Å². The molecule has 0 aromatic heterocycles. The highest BCUT2D eigenvalue weighted by atomic mass is 16.2. The molecule has 1 aliphatic rings. The molecule has 2 aromatic carbocycles. The molecule has 4 heteroatoms. The van der Waals surface area contributed by atoms with Crippen molar-refractivity contribution in [2.45, 2.75) is 13.3 Å². The largest absolute Gasteiger partial charge is 0.352 e. The van der Waals surface area contributed by atoms with Crippen LogP contribution < -0.4 is 10.2 Å². The number of carbonyl (C=O) groups excluding carboxylic acids is 2. The average Bonchev–Trinajstić information content (AvgIpc) is 2.95. The third-order valence-corrected chi connectivity index (χ3v) is 4.14. The van der Waals surface area contributed by atoms with Crippen LogP contribution in [0, 0.1) is 12.8 Å². The van der Waals surface area contributed by atoms with E-state index in [1.807, 2.05) is 49.4 Å². The van der Waals surface area contributed by atoms with E-state index in [0.29, 0.717) is 25.1 Å². The van der Waals surface area contributed by atoms with Crippen molar-refractivity contribution < 1.29 is 9.59 Å². The van der Waals surface area contributed by atoms with Crippen molar-refractivity contribution in [3.63, 3.8) is 0 Å². The second kappa shape index (κ2) is 6.65. The van der Waals surface area contributed by atoms with Crippen LogP contribution in [0.25, 0.3) is 0 Å². The lowest BCUT2D eigenvalue weighted by atomic mass is 10.1. The molecule has 1 aliphatic heterocycles. The normalized spacial score (nSPS) is 17.3. The van der Waals surface area contributed by atoms with E-state index < -0.39 is 0 Å². The van der Waals surface area contributed by atoms with E-state index in [0.717, 1.165) is 5.69 Å². The van der Waals surface area contributed by atoms with Gasteiger partial charge in [0.05, 0.1) is 0 Å². The summed E-state index contributed by atoms with van der Waals surface area (Å²) in [5.74, 6) is 0.177. The van der Waals surface area contributed by atoms with Crippen LogP contribution in [-0.4, -0.2) is 24.9 Å². The predicted molar refractivity (Wildman–Crippen MR) is 90.4 cm³/mol. The smallest absolute Gasteiger partial charge is 0.251 e. The molecule has 2 aromatic rings. The Morgan fingerprint density at radius 3 is 2.52 bits per heavy atom. The molecule has 23 heavy (non-hydrogen) atoms. The minimum atomic E-state index is -0.0909. The number of amides is 2. The fourth-order valence-electron chi connectivity index (χ4n) is 2.82. The first-order valence-electron chi connectivity index (χ1n) is 7.84. The average molecular weight is 308 g/mol. The monoisotopic (exact) mass is 308 g/mol. The number of benzene rings is 2. The lowest BCUT2D eigenvalue weighted by Gasteiger charge is -2.17. The summed E-state index contributed by atoms with van der Waals surface area (Å²) >= 11 is 0. The van der Waals surface area contributed by atoms with E-state index in [9.17, 15) is 9.59 Å². The number of hydrogen-bond donors (Lipinski definition) is 1. The molecule has 1 N–H and O–H groups in total. The minimum Gasteiger partial charge on any atom is -0.352 e. The number of anilines is 1. The molecule has 1 atom stereocenters. The molecule has 1 unspecified atom stereocenters. The SMILES string of the molecule is Cc1ccc(N2CC(CNC(=O)c3ccccc3)CC2=O)cc1. The summed E-state index contributed by atoms with van der Waals surface area (Å²) in [6.07, 6.45) is 0.475. The fourth-order valence-corrected chi connectivity index (χ4v) is 2.82. The molecule has 0 bridgehead atoms. The van der Waals surface area contributed by atoms with Gasteiger partial charge in [-0.15, -0.1) is 0 Å². The Balaban J connectivity index is 1.58. The fraction of sp³-hybridized carbons (Fsp3) is 0.263. The number of nitrogens with one attached hydrogen (secondary N) is 1. The minimum absolute atomic E-state index is 0.0909. The maximum absolute atomic E-state index is 12.2. The van der Waals surface area contributed by atoms with Crippen LogP contribution in [0.2, 0.25) is 0 Å². The highest BCUT2D eigenvalue weighted by Gasteiger charge is 2.30. The molecule has 1 saturated heterocycles. The summed E-state index contributed by atoms with van der Waals surface area (Å²) in [5.41, 5.74) is 2.75. The zero-order valence-electron chi connectivity index (χ0n) is 13.2. The Morgan fingerprint density at radius 1 is 1.13 bits per heavy atom. The van der Waals surface area contributed by atoms with E-state index in [1.165, 1.54) is 5.56 Å². The second-order valence-electron chi connectivity index (χ2n) is 5.99. The highest BCUT2D eigenvalue weighted by Crippen LogP contribution is 2.25. The standard InChI is InChI=1S/C19H20N2O2/c1-14-7-9-17(10-8-14)21-13-15(11-18(21)22)12-20-19(23)16-5-3-2-4-6-16/h2-10,15H,11-13H2,1H3,(H,20,23). The Hall–Kier alpha value is -2.62. The van der Waals surface area contributed by atoms with Gasteiger partial charge in [0.2, 0.25) is 5.91 Å². The Kier molecular flexibility index (Phi) is 4.42. The molecule has 118 valence electrons. The van der Waals surface area contributed by atoms with Gasteiger partial charge in [-0.05, 0) is 31.2 Å². The summed E-state index contributed by atoms with van der Waals surface area (Å²) in [6, 6.07) is 17.1. The molecule has 3 rings (SSSR count). The van der Waals surface area contributed by atoms with Crippen molar-refractivity contribution >= 4 is 17.5 Å². The molecule has 2 amide bonds. The van der Waals surface area contributed by atoms with Gasteiger partial charge >= 0.3 is 0 Å². The van der Waals surface area contributed by atoms with Crippen LogP contribution >= 0.6 is 0 Å². The Labute approximate surface area is 136 Å². The Morgan fingerprint density at radius 2 is 1.83 bits per heavy atom. The molecular formula is C19H20N2O2. The molecular weight excluding hydrogens is 288 g/mol. The lowest BCUT2D eigenvalue weighted by molar-refractivity contribution is -0.117.